The molecular weight excluding hydrogens is 176 g/mol. The molecule has 3 aliphatic rings. The van der Waals surface area contributed by atoms with Gasteiger partial charge in [0.1, 0.15) is 6.29 Å². The van der Waals surface area contributed by atoms with Crippen LogP contribution in [0.4, 0.5) is 0 Å². The van der Waals surface area contributed by atoms with E-state index in [-0.39, 0.29) is 11.0 Å². The van der Waals surface area contributed by atoms with E-state index in [4.69, 9.17) is 4.74 Å². The molecular formula is C12H18O2. The molecule has 0 heterocycles. The van der Waals surface area contributed by atoms with Gasteiger partial charge in [-0.15, -0.1) is 0 Å². The lowest BCUT2D eigenvalue weighted by Gasteiger charge is -2.56. The summed E-state index contributed by atoms with van der Waals surface area (Å²) >= 11 is 0. The van der Waals surface area contributed by atoms with Crippen LogP contribution in [0.3, 0.4) is 0 Å². The Hall–Kier alpha value is -0.370. The summed E-state index contributed by atoms with van der Waals surface area (Å²) in [6.45, 7) is 0. The van der Waals surface area contributed by atoms with Crippen LogP contribution in [0.1, 0.15) is 38.5 Å². The zero-order valence-corrected chi connectivity index (χ0v) is 8.79. The van der Waals surface area contributed by atoms with Gasteiger partial charge in [-0.25, -0.2) is 0 Å². The molecule has 0 aliphatic heterocycles. The van der Waals surface area contributed by atoms with Crippen molar-refractivity contribution < 1.29 is 9.53 Å². The third-order valence-electron chi connectivity index (χ3n) is 5.13. The first-order chi connectivity index (χ1) is 6.76. The molecule has 14 heavy (non-hydrogen) atoms. The van der Waals surface area contributed by atoms with Crippen molar-refractivity contribution in [3.63, 3.8) is 0 Å². The van der Waals surface area contributed by atoms with Crippen molar-refractivity contribution in [3.8, 4) is 0 Å². The molecule has 3 aliphatic carbocycles. The Kier molecular flexibility index (Phi) is 1.65. The third-order valence-corrected chi connectivity index (χ3v) is 5.13. The number of ether oxygens (including phenoxy) is 1. The van der Waals surface area contributed by atoms with Crippen LogP contribution < -0.4 is 0 Å². The van der Waals surface area contributed by atoms with Crippen LogP contribution in [-0.2, 0) is 9.53 Å². The fourth-order valence-corrected chi connectivity index (χ4v) is 4.58. The van der Waals surface area contributed by atoms with Gasteiger partial charge in [0.25, 0.3) is 0 Å². The molecule has 0 saturated heterocycles. The lowest BCUT2D eigenvalue weighted by molar-refractivity contribution is -0.170. The number of carbonyl (C=O) groups excluding carboxylic acids is 1. The van der Waals surface area contributed by atoms with E-state index in [1.165, 1.54) is 25.5 Å². The second kappa shape index (κ2) is 2.60. The van der Waals surface area contributed by atoms with Crippen molar-refractivity contribution in [2.75, 3.05) is 7.11 Å². The lowest BCUT2D eigenvalue weighted by Crippen LogP contribution is -2.57. The SMILES string of the molecule is COC12CCCC3CC(C=O)(CC1)C32. The second-order valence-corrected chi connectivity index (χ2v) is 5.45. The Labute approximate surface area is 85.0 Å². The third kappa shape index (κ3) is 0.796. The highest BCUT2D eigenvalue weighted by atomic mass is 16.5. The Morgan fingerprint density at radius 1 is 1.36 bits per heavy atom. The van der Waals surface area contributed by atoms with E-state index in [1.54, 1.807) is 0 Å². The van der Waals surface area contributed by atoms with Gasteiger partial charge in [-0.2, -0.15) is 0 Å². The van der Waals surface area contributed by atoms with Gasteiger partial charge in [-0.05, 0) is 38.0 Å². The average Bonchev–Trinajstić information content (AvgIpc) is 2.50. The van der Waals surface area contributed by atoms with E-state index in [2.05, 4.69) is 0 Å². The molecule has 78 valence electrons. The molecule has 0 aromatic heterocycles. The molecule has 2 heteroatoms. The molecule has 0 spiro atoms. The van der Waals surface area contributed by atoms with Gasteiger partial charge in [0.05, 0.1) is 5.60 Å². The van der Waals surface area contributed by atoms with E-state index in [0.29, 0.717) is 5.92 Å². The maximum Gasteiger partial charge on any atom is 0.126 e. The van der Waals surface area contributed by atoms with Crippen molar-refractivity contribution in [2.24, 2.45) is 17.3 Å². The smallest absolute Gasteiger partial charge is 0.126 e. The summed E-state index contributed by atoms with van der Waals surface area (Å²) in [5.74, 6) is 1.35. The molecule has 3 saturated carbocycles. The second-order valence-electron chi connectivity index (χ2n) is 5.45. The molecule has 0 bridgehead atoms. The Morgan fingerprint density at radius 2 is 2.21 bits per heavy atom. The van der Waals surface area contributed by atoms with Crippen LogP contribution in [0.25, 0.3) is 0 Å². The lowest BCUT2D eigenvalue weighted by atomic mass is 9.49. The highest BCUT2D eigenvalue weighted by Gasteiger charge is 2.67. The van der Waals surface area contributed by atoms with Gasteiger partial charge in [0, 0.05) is 18.4 Å². The van der Waals surface area contributed by atoms with Gasteiger partial charge in [-0.1, -0.05) is 6.42 Å². The minimum atomic E-state index is 0.0289. The first-order valence-electron chi connectivity index (χ1n) is 5.78. The van der Waals surface area contributed by atoms with E-state index >= 15 is 0 Å². The molecule has 4 atom stereocenters. The first-order valence-corrected chi connectivity index (χ1v) is 5.78. The van der Waals surface area contributed by atoms with Crippen LogP contribution in [0, 0.1) is 17.3 Å². The molecule has 3 fully saturated rings. The molecule has 3 rings (SSSR count). The van der Waals surface area contributed by atoms with E-state index < -0.39 is 0 Å². The highest BCUT2D eigenvalue weighted by Crippen LogP contribution is 2.68. The number of hydrogen-bond acceptors (Lipinski definition) is 2. The fraction of sp³-hybridized carbons (Fsp3) is 0.917. The molecule has 0 aromatic rings. The fourth-order valence-electron chi connectivity index (χ4n) is 4.58. The maximum atomic E-state index is 11.2. The first kappa shape index (κ1) is 8.90. The Bertz CT molecular complexity index is 275. The summed E-state index contributed by atoms with van der Waals surface area (Å²) in [5, 5.41) is 0. The number of rotatable bonds is 2. The summed E-state index contributed by atoms with van der Waals surface area (Å²) in [6.07, 6.45) is 8.37. The van der Waals surface area contributed by atoms with Gasteiger partial charge in [0.15, 0.2) is 0 Å². The van der Waals surface area contributed by atoms with Crippen LogP contribution >= 0.6 is 0 Å². The maximum absolute atomic E-state index is 11.2. The monoisotopic (exact) mass is 194 g/mol. The van der Waals surface area contributed by atoms with E-state index in [1.807, 2.05) is 7.11 Å². The predicted octanol–water partition coefficient (Wildman–Crippen LogP) is 2.17. The molecule has 4 unspecified atom stereocenters. The topological polar surface area (TPSA) is 26.3 Å². The quantitative estimate of drug-likeness (QED) is 0.630. The number of methoxy groups -OCH3 is 1. The van der Waals surface area contributed by atoms with Gasteiger partial charge < -0.3 is 9.53 Å². The van der Waals surface area contributed by atoms with Gasteiger partial charge in [0.2, 0.25) is 0 Å². The zero-order valence-electron chi connectivity index (χ0n) is 8.79. The van der Waals surface area contributed by atoms with Crippen molar-refractivity contribution >= 4 is 6.29 Å². The summed E-state index contributed by atoms with van der Waals surface area (Å²) in [5.41, 5.74) is 0.114. The summed E-state index contributed by atoms with van der Waals surface area (Å²) < 4.78 is 5.77. The summed E-state index contributed by atoms with van der Waals surface area (Å²) in [6, 6.07) is 0. The van der Waals surface area contributed by atoms with Gasteiger partial charge >= 0.3 is 0 Å². The Morgan fingerprint density at radius 3 is 2.93 bits per heavy atom. The molecule has 0 N–H and O–H groups in total. The van der Waals surface area contributed by atoms with E-state index in [9.17, 15) is 4.79 Å². The van der Waals surface area contributed by atoms with Crippen LogP contribution in [0.2, 0.25) is 0 Å². The average molecular weight is 194 g/mol. The molecule has 0 amide bonds. The minimum absolute atomic E-state index is 0.0289. The summed E-state index contributed by atoms with van der Waals surface area (Å²) in [4.78, 5) is 11.2. The van der Waals surface area contributed by atoms with E-state index in [0.717, 1.165) is 25.2 Å². The summed E-state index contributed by atoms with van der Waals surface area (Å²) in [7, 11) is 1.83. The van der Waals surface area contributed by atoms with Crippen LogP contribution in [-0.4, -0.2) is 19.0 Å². The number of carbonyl (C=O) groups is 1. The molecule has 0 radical (unpaired) electrons. The van der Waals surface area contributed by atoms with Crippen molar-refractivity contribution in [1.82, 2.24) is 0 Å². The van der Waals surface area contributed by atoms with Crippen molar-refractivity contribution in [1.29, 1.82) is 0 Å². The number of aldehydes is 1. The van der Waals surface area contributed by atoms with Gasteiger partial charge in [-0.3, -0.25) is 0 Å². The van der Waals surface area contributed by atoms with Crippen LogP contribution in [0.5, 0.6) is 0 Å². The van der Waals surface area contributed by atoms with Crippen LogP contribution in [0.15, 0.2) is 0 Å². The normalized spacial score (nSPS) is 54.9. The largest absolute Gasteiger partial charge is 0.378 e. The number of hydrogen-bond donors (Lipinski definition) is 0. The molecule has 0 aromatic carbocycles. The standard InChI is InChI=1S/C12H18O2/c1-14-12-4-2-3-9-7-11(8-13,5-6-12)10(9)12/h8-10H,2-7H2,1H3. The minimum Gasteiger partial charge on any atom is -0.378 e. The zero-order chi connectivity index (χ0) is 9.81. The Balaban J connectivity index is 1.97. The molecule has 2 nitrogen and oxygen atoms in total. The van der Waals surface area contributed by atoms with Crippen molar-refractivity contribution in [2.45, 2.75) is 44.1 Å². The highest BCUT2D eigenvalue weighted by molar-refractivity contribution is 5.64. The van der Waals surface area contributed by atoms with Crippen molar-refractivity contribution in [3.05, 3.63) is 0 Å². The predicted molar refractivity (Wildman–Crippen MR) is 52.9 cm³/mol.